The summed E-state index contributed by atoms with van der Waals surface area (Å²) in [6, 6.07) is 0.261. The van der Waals surface area contributed by atoms with Gasteiger partial charge in [-0.1, -0.05) is 19.0 Å². The van der Waals surface area contributed by atoms with Crippen molar-refractivity contribution in [2.45, 2.75) is 52.8 Å². The van der Waals surface area contributed by atoms with Crippen molar-refractivity contribution in [3.63, 3.8) is 0 Å². The highest BCUT2D eigenvalue weighted by atomic mass is 16.6. The second-order valence-electron chi connectivity index (χ2n) is 5.98. The molecular formula is C14H23N5O2. The number of carbonyl (C=O) groups is 1. The Bertz CT molecular complexity index is 535. The van der Waals surface area contributed by atoms with E-state index in [9.17, 15) is 4.79 Å². The van der Waals surface area contributed by atoms with E-state index in [2.05, 4.69) is 29.2 Å². The topological polar surface area (TPSA) is 72.6 Å². The molecule has 1 aromatic heterocycles. The van der Waals surface area contributed by atoms with Crippen LogP contribution in [0.3, 0.4) is 0 Å². The van der Waals surface area contributed by atoms with Crippen molar-refractivity contribution in [3.05, 3.63) is 12.2 Å². The van der Waals surface area contributed by atoms with Crippen LogP contribution >= 0.6 is 0 Å². The van der Waals surface area contributed by atoms with E-state index < -0.39 is 6.10 Å². The van der Waals surface area contributed by atoms with Crippen molar-refractivity contribution in [1.82, 2.24) is 19.7 Å². The SMILES string of the molecule is CC(C)C1=NO[C@@H](C(=O)N(C)Cc2nncn2C(C)C)C1. The molecule has 116 valence electrons. The fourth-order valence-corrected chi connectivity index (χ4v) is 2.22. The van der Waals surface area contributed by atoms with Crippen LogP contribution in [0.1, 0.15) is 46.0 Å². The summed E-state index contributed by atoms with van der Waals surface area (Å²) in [5.74, 6) is 0.994. The number of oxime groups is 1. The maximum atomic E-state index is 12.4. The lowest BCUT2D eigenvalue weighted by Crippen LogP contribution is -2.37. The summed E-state index contributed by atoms with van der Waals surface area (Å²) in [7, 11) is 1.75. The fourth-order valence-electron chi connectivity index (χ4n) is 2.22. The average Bonchev–Trinajstić information content (AvgIpc) is 3.06. The molecule has 0 unspecified atom stereocenters. The van der Waals surface area contributed by atoms with E-state index in [1.165, 1.54) is 0 Å². The molecule has 0 radical (unpaired) electrons. The number of hydrogen-bond donors (Lipinski definition) is 0. The van der Waals surface area contributed by atoms with Crippen molar-refractivity contribution in [3.8, 4) is 0 Å². The number of carbonyl (C=O) groups excluding carboxylic acids is 1. The van der Waals surface area contributed by atoms with E-state index >= 15 is 0 Å². The first-order valence-electron chi connectivity index (χ1n) is 7.26. The van der Waals surface area contributed by atoms with E-state index in [0.29, 0.717) is 18.9 Å². The van der Waals surface area contributed by atoms with Gasteiger partial charge in [0.2, 0.25) is 6.10 Å². The summed E-state index contributed by atoms with van der Waals surface area (Å²) < 4.78 is 1.95. The van der Waals surface area contributed by atoms with Gasteiger partial charge in [-0.25, -0.2) is 0 Å². The third-order valence-corrected chi connectivity index (χ3v) is 3.59. The van der Waals surface area contributed by atoms with Gasteiger partial charge in [-0.15, -0.1) is 10.2 Å². The molecule has 0 aromatic carbocycles. The number of rotatable bonds is 5. The molecular weight excluding hydrogens is 270 g/mol. The van der Waals surface area contributed by atoms with Gasteiger partial charge in [0.1, 0.15) is 6.33 Å². The van der Waals surface area contributed by atoms with Gasteiger partial charge in [-0.3, -0.25) is 4.79 Å². The highest BCUT2D eigenvalue weighted by Crippen LogP contribution is 2.18. The second-order valence-corrected chi connectivity index (χ2v) is 5.98. The number of nitrogens with zero attached hydrogens (tertiary/aromatic N) is 5. The lowest BCUT2D eigenvalue weighted by atomic mass is 10.0. The summed E-state index contributed by atoms with van der Waals surface area (Å²) in [4.78, 5) is 19.3. The van der Waals surface area contributed by atoms with Crippen LogP contribution in [0.25, 0.3) is 0 Å². The summed E-state index contributed by atoms with van der Waals surface area (Å²) >= 11 is 0. The minimum atomic E-state index is -0.511. The first kappa shape index (κ1) is 15.5. The predicted octanol–water partition coefficient (Wildman–Crippen LogP) is 1.62. The van der Waals surface area contributed by atoms with E-state index in [0.717, 1.165) is 11.5 Å². The van der Waals surface area contributed by atoms with Gasteiger partial charge in [0.05, 0.1) is 12.3 Å². The zero-order valence-electron chi connectivity index (χ0n) is 13.3. The van der Waals surface area contributed by atoms with Gasteiger partial charge in [0, 0.05) is 19.5 Å². The molecule has 7 heteroatoms. The number of aromatic nitrogens is 3. The Kier molecular flexibility index (Phi) is 4.59. The van der Waals surface area contributed by atoms with Crippen molar-refractivity contribution < 1.29 is 9.63 Å². The van der Waals surface area contributed by atoms with Crippen LogP contribution in [0, 0.1) is 5.92 Å². The lowest BCUT2D eigenvalue weighted by molar-refractivity contribution is -0.141. The molecule has 0 saturated heterocycles. The average molecular weight is 293 g/mol. The first-order chi connectivity index (χ1) is 9.90. The summed E-state index contributed by atoms with van der Waals surface area (Å²) in [5.41, 5.74) is 0.937. The standard InChI is InChI=1S/C14H23N5O2/c1-9(2)11-6-12(21-17-11)14(20)18(5)7-13-16-15-8-19(13)10(3)4/h8-10,12H,6-7H2,1-5H3/t12-/m1/s1. The highest BCUT2D eigenvalue weighted by Gasteiger charge is 2.31. The van der Waals surface area contributed by atoms with Crippen LogP contribution in [0.5, 0.6) is 0 Å². The third-order valence-electron chi connectivity index (χ3n) is 3.59. The molecule has 0 saturated carbocycles. The van der Waals surface area contributed by atoms with Crippen LogP contribution in [-0.4, -0.2) is 44.4 Å². The Morgan fingerprint density at radius 1 is 1.48 bits per heavy atom. The minimum Gasteiger partial charge on any atom is -0.382 e. The van der Waals surface area contributed by atoms with E-state index in [1.54, 1.807) is 18.3 Å². The molecule has 0 fully saturated rings. The number of hydrogen-bond acceptors (Lipinski definition) is 5. The molecule has 0 N–H and O–H groups in total. The molecule has 2 heterocycles. The van der Waals surface area contributed by atoms with Gasteiger partial charge in [-0.05, 0) is 19.8 Å². The van der Waals surface area contributed by atoms with Crippen LogP contribution in [0.15, 0.2) is 11.5 Å². The monoisotopic (exact) mass is 293 g/mol. The van der Waals surface area contributed by atoms with Crippen LogP contribution in [-0.2, 0) is 16.2 Å². The Balaban J connectivity index is 1.96. The maximum absolute atomic E-state index is 12.4. The lowest BCUT2D eigenvalue weighted by Gasteiger charge is -2.20. The van der Waals surface area contributed by atoms with Crippen LogP contribution in [0.2, 0.25) is 0 Å². The molecule has 1 aromatic rings. The van der Waals surface area contributed by atoms with Gasteiger partial charge in [-0.2, -0.15) is 0 Å². The van der Waals surface area contributed by atoms with Gasteiger partial charge in [0.25, 0.3) is 5.91 Å². The molecule has 0 aliphatic carbocycles. The molecule has 1 aliphatic rings. The van der Waals surface area contributed by atoms with Crippen molar-refractivity contribution >= 4 is 11.6 Å². The predicted molar refractivity (Wildman–Crippen MR) is 78.6 cm³/mol. The van der Waals surface area contributed by atoms with E-state index in [1.807, 2.05) is 18.4 Å². The van der Waals surface area contributed by atoms with E-state index in [4.69, 9.17) is 4.84 Å². The fraction of sp³-hybridized carbons (Fsp3) is 0.714. The number of amides is 1. The second kappa shape index (κ2) is 6.24. The highest BCUT2D eigenvalue weighted by molar-refractivity contribution is 5.93. The molecule has 1 atom stereocenters. The van der Waals surface area contributed by atoms with Gasteiger partial charge in [0.15, 0.2) is 5.82 Å². The quantitative estimate of drug-likeness (QED) is 0.827. The molecule has 21 heavy (non-hydrogen) atoms. The third kappa shape index (κ3) is 3.40. The Morgan fingerprint density at radius 3 is 2.76 bits per heavy atom. The smallest absolute Gasteiger partial charge is 0.267 e. The van der Waals surface area contributed by atoms with Crippen LogP contribution < -0.4 is 0 Å². The molecule has 2 rings (SSSR count). The normalized spacial score (nSPS) is 18.0. The molecule has 1 aliphatic heterocycles. The zero-order chi connectivity index (χ0) is 15.6. The molecule has 7 nitrogen and oxygen atoms in total. The van der Waals surface area contributed by atoms with Crippen molar-refractivity contribution in [2.24, 2.45) is 11.1 Å². The van der Waals surface area contributed by atoms with E-state index in [-0.39, 0.29) is 11.9 Å². The Morgan fingerprint density at radius 2 is 2.19 bits per heavy atom. The molecule has 0 spiro atoms. The molecule has 0 bridgehead atoms. The Labute approximate surface area is 125 Å². The van der Waals surface area contributed by atoms with Crippen molar-refractivity contribution in [2.75, 3.05) is 7.05 Å². The van der Waals surface area contributed by atoms with Crippen LogP contribution in [0.4, 0.5) is 0 Å². The summed E-state index contributed by atoms with van der Waals surface area (Å²) in [6.45, 7) is 8.61. The minimum absolute atomic E-state index is 0.0762. The zero-order valence-corrected chi connectivity index (χ0v) is 13.3. The first-order valence-corrected chi connectivity index (χ1v) is 7.26. The largest absolute Gasteiger partial charge is 0.382 e. The maximum Gasteiger partial charge on any atom is 0.267 e. The summed E-state index contributed by atoms with van der Waals surface area (Å²) in [5, 5.41) is 12.0. The van der Waals surface area contributed by atoms with Crippen molar-refractivity contribution in [1.29, 1.82) is 0 Å². The van der Waals surface area contributed by atoms with Gasteiger partial charge >= 0.3 is 0 Å². The number of likely N-dealkylation sites (N-methyl/N-ethyl adjacent to an activating group) is 1. The summed E-state index contributed by atoms with van der Waals surface area (Å²) in [6.07, 6.45) is 1.74. The Hall–Kier alpha value is -1.92. The molecule has 1 amide bonds. The van der Waals surface area contributed by atoms with Gasteiger partial charge < -0.3 is 14.3 Å².